The molecule has 2 heterocycles. The minimum atomic E-state index is -0.303. The van der Waals surface area contributed by atoms with E-state index in [9.17, 15) is 4.79 Å². The van der Waals surface area contributed by atoms with Gasteiger partial charge in [-0.2, -0.15) is 0 Å². The van der Waals surface area contributed by atoms with Crippen molar-refractivity contribution in [1.82, 2.24) is 9.88 Å². The van der Waals surface area contributed by atoms with Gasteiger partial charge in [0.05, 0.1) is 23.8 Å². The summed E-state index contributed by atoms with van der Waals surface area (Å²) in [5.74, 6) is -0.0444. The van der Waals surface area contributed by atoms with Crippen molar-refractivity contribution >= 4 is 22.5 Å². The predicted molar refractivity (Wildman–Crippen MR) is 102 cm³/mol. The summed E-state index contributed by atoms with van der Waals surface area (Å²) < 4.78 is 11.8. The quantitative estimate of drug-likeness (QED) is 0.822. The van der Waals surface area contributed by atoms with E-state index in [1.165, 1.54) is 4.90 Å². The molecule has 0 bridgehead atoms. The Morgan fingerprint density at radius 1 is 1.35 bits per heavy atom. The molecule has 0 spiro atoms. The van der Waals surface area contributed by atoms with Gasteiger partial charge in [0.2, 0.25) is 5.91 Å². The van der Waals surface area contributed by atoms with Gasteiger partial charge in [0.1, 0.15) is 6.61 Å². The Labute approximate surface area is 154 Å². The average Bonchev–Trinajstić information content (AvgIpc) is 2.59. The molecule has 6 heteroatoms. The van der Waals surface area contributed by atoms with E-state index >= 15 is 0 Å². The lowest BCUT2D eigenvalue weighted by molar-refractivity contribution is -0.139. The maximum atomic E-state index is 11.7. The third-order valence-corrected chi connectivity index (χ3v) is 4.48. The molecule has 1 aliphatic heterocycles. The summed E-state index contributed by atoms with van der Waals surface area (Å²) in [6, 6.07) is 10.2. The van der Waals surface area contributed by atoms with E-state index in [4.69, 9.17) is 9.47 Å². The molecule has 1 fully saturated rings. The number of anilines is 1. The Hall–Kier alpha value is -2.18. The molecule has 0 saturated carbocycles. The number of hydrogen-bond donors (Lipinski definition) is 0. The van der Waals surface area contributed by atoms with Gasteiger partial charge in [-0.3, -0.25) is 9.78 Å². The van der Waals surface area contributed by atoms with Crippen molar-refractivity contribution < 1.29 is 14.3 Å². The number of likely N-dealkylation sites (N-methyl/N-ethyl adjacent to an activating group) is 1. The van der Waals surface area contributed by atoms with Gasteiger partial charge in [-0.15, -0.1) is 0 Å². The third-order valence-electron chi connectivity index (χ3n) is 4.48. The lowest BCUT2D eigenvalue weighted by Gasteiger charge is -2.44. The van der Waals surface area contributed by atoms with E-state index in [0.717, 1.165) is 23.1 Å². The van der Waals surface area contributed by atoms with Gasteiger partial charge in [0, 0.05) is 44.5 Å². The highest BCUT2D eigenvalue weighted by Gasteiger charge is 2.34. The molecule has 2 aromatic rings. The molecule has 6 nitrogen and oxygen atoms in total. The van der Waals surface area contributed by atoms with Crippen LogP contribution in [-0.2, 0) is 14.3 Å². The zero-order valence-corrected chi connectivity index (χ0v) is 15.9. The number of benzene rings is 1. The Balaban J connectivity index is 1.74. The molecule has 0 aliphatic carbocycles. The number of nitrogens with zero attached hydrogens (tertiary/aromatic N) is 3. The van der Waals surface area contributed by atoms with Crippen molar-refractivity contribution in [2.75, 3.05) is 45.3 Å². The molecule has 0 radical (unpaired) electrons. The zero-order valence-electron chi connectivity index (χ0n) is 15.9. The van der Waals surface area contributed by atoms with Gasteiger partial charge < -0.3 is 19.3 Å². The first-order valence-corrected chi connectivity index (χ1v) is 8.90. The highest BCUT2D eigenvalue weighted by Crippen LogP contribution is 2.30. The number of amides is 1. The Morgan fingerprint density at radius 2 is 2.12 bits per heavy atom. The van der Waals surface area contributed by atoms with Gasteiger partial charge in [-0.25, -0.2) is 0 Å². The fourth-order valence-corrected chi connectivity index (χ4v) is 3.33. The fraction of sp³-hybridized carbons (Fsp3) is 0.500. The highest BCUT2D eigenvalue weighted by molar-refractivity contribution is 5.91. The van der Waals surface area contributed by atoms with Crippen molar-refractivity contribution in [3.05, 3.63) is 36.5 Å². The molecule has 1 aliphatic rings. The maximum Gasteiger partial charge on any atom is 0.248 e. The number of rotatable bonds is 5. The van der Waals surface area contributed by atoms with Crippen LogP contribution < -0.4 is 4.90 Å². The van der Waals surface area contributed by atoms with Crippen LogP contribution in [0.25, 0.3) is 10.9 Å². The molecule has 3 rings (SSSR count). The van der Waals surface area contributed by atoms with Crippen molar-refractivity contribution in [2.24, 2.45) is 0 Å². The first-order valence-electron chi connectivity index (χ1n) is 8.90. The smallest absolute Gasteiger partial charge is 0.248 e. The van der Waals surface area contributed by atoms with Gasteiger partial charge in [0.15, 0.2) is 0 Å². The second-order valence-electron chi connectivity index (χ2n) is 7.53. The van der Waals surface area contributed by atoms with Crippen LogP contribution in [0.2, 0.25) is 0 Å². The second kappa shape index (κ2) is 7.60. The van der Waals surface area contributed by atoms with Crippen molar-refractivity contribution in [1.29, 1.82) is 0 Å². The molecule has 1 amide bonds. The van der Waals surface area contributed by atoms with Crippen LogP contribution in [0, 0.1) is 0 Å². The number of fused-ring (bicyclic) bond motifs is 1. The third kappa shape index (κ3) is 4.31. The molecular formula is C20H27N3O3. The zero-order chi connectivity index (χ0) is 18.7. The van der Waals surface area contributed by atoms with Crippen LogP contribution in [0.15, 0.2) is 36.5 Å². The van der Waals surface area contributed by atoms with Gasteiger partial charge in [-0.1, -0.05) is 18.2 Å². The number of morpholine rings is 1. The topological polar surface area (TPSA) is 54.9 Å². The number of aromatic nitrogens is 1. The van der Waals surface area contributed by atoms with Crippen LogP contribution >= 0.6 is 0 Å². The summed E-state index contributed by atoms with van der Waals surface area (Å²) in [5.41, 5.74) is 1.84. The second-order valence-corrected chi connectivity index (χ2v) is 7.53. The monoisotopic (exact) mass is 357 g/mol. The number of carbonyl (C=O) groups excluding carboxylic acids is 1. The standard InChI is InChI=1S/C20H27N3O3/c1-20(2)14-23(11-15(26-20)12-25-13-19(24)22(3)4)18-9-10-21-17-8-6-5-7-16(17)18/h5-10,15H,11-14H2,1-4H3/t15-/m1/s1. The summed E-state index contributed by atoms with van der Waals surface area (Å²) in [5, 5.41) is 1.13. The summed E-state index contributed by atoms with van der Waals surface area (Å²) >= 11 is 0. The number of ether oxygens (including phenoxy) is 2. The molecule has 1 saturated heterocycles. The molecule has 0 N–H and O–H groups in total. The Morgan fingerprint density at radius 3 is 2.88 bits per heavy atom. The van der Waals surface area contributed by atoms with Crippen molar-refractivity contribution in [3.8, 4) is 0 Å². The number of para-hydroxylation sites is 1. The minimum absolute atomic E-state index is 0.0444. The molecule has 1 aromatic heterocycles. The van der Waals surface area contributed by atoms with Crippen LogP contribution in [0.5, 0.6) is 0 Å². The Kier molecular flexibility index (Phi) is 5.44. The van der Waals surface area contributed by atoms with Crippen molar-refractivity contribution in [2.45, 2.75) is 25.6 Å². The average molecular weight is 357 g/mol. The van der Waals surface area contributed by atoms with E-state index in [1.807, 2.05) is 24.4 Å². The van der Waals surface area contributed by atoms with Crippen LogP contribution in [0.3, 0.4) is 0 Å². The summed E-state index contributed by atoms with van der Waals surface area (Å²) in [4.78, 5) is 20.0. The SMILES string of the molecule is CN(C)C(=O)COC[C@H]1CN(c2ccnc3ccccc23)CC(C)(C)O1. The minimum Gasteiger partial charge on any atom is -0.369 e. The summed E-state index contributed by atoms with van der Waals surface area (Å²) in [6.07, 6.45) is 1.75. The highest BCUT2D eigenvalue weighted by atomic mass is 16.5. The van der Waals surface area contributed by atoms with Crippen LogP contribution in [0.1, 0.15) is 13.8 Å². The molecule has 26 heavy (non-hydrogen) atoms. The lowest BCUT2D eigenvalue weighted by Crippen LogP contribution is -2.54. The van der Waals surface area contributed by atoms with Gasteiger partial charge in [0.25, 0.3) is 0 Å². The first-order chi connectivity index (χ1) is 12.4. The lowest BCUT2D eigenvalue weighted by atomic mass is 10.0. The van der Waals surface area contributed by atoms with Crippen LogP contribution in [0.4, 0.5) is 5.69 Å². The molecule has 0 unspecified atom stereocenters. The molecule has 140 valence electrons. The van der Waals surface area contributed by atoms with E-state index < -0.39 is 0 Å². The molecule has 1 aromatic carbocycles. The fourth-order valence-electron chi connectivity index (χ4n) is 3.33. The van der Waals surface area contributed by atoms with Crippen molar-refractivity contribution in [3.63, 3.8) is 0 Å². The van der Waals surface area contributed by atoms with E-state index in [0.29, 0.717) is 13.2 Å². The number of hydrogen-bond acceptors (Lipinski definition) is 5. The normalized spacial score (nSPS) is 19.5. The maximum absolute atomic E-state index is 11.7. The van der Waals surface area contributed by atoms with E-state index in [1.54, 1.807) is 14.1 Å². The first kappa shape index (κ1) is 18.6. The molecule has 1 atom stereocenters. The van der Waals surface area contributed by atoms with E-state index in [2.05, 4.69) is 35.9 Å². The van der Waals surface area contributed by atoms with Gasteiger partial charge >= 0.3 is 0 Å². The van der Waals surface area contributed by atoms with Gasteiger partial charge in [-0.05, 0) is 26.0 Å². The molecular weight excluding hydrogens is 330 g/mol. The Bertz CT molecular complexity index is 770. The predicted octanol–water partition coefficient (Wildman–Crippen LogP) is 2.32. The number of pyridine rings is 1. The van der Waals surface area contributed by atoms with E-state index in [-0.39, 0.29) is 24.2 Å². The number of carbonyl (C=O) groups is 1. The summed E-state index contributed by atoms with van der Waals surface area (Å²) in [7, 11) is 3.45. The summed E-state index contributed by atoms with van der Waals surface area (Å²) in [6.45, 7) is 6.14. The largest absolute Gasteiger partial charge is 0.369 e. The van der Waals surface area contributed by atoms with Crippen LogP contribution in [-0.4, -0.2) is 67.9 Å².